The van der Waals surface area contributed by atoms with E-state index in [9.17, 15) is 15.2 Å². The quantitative estimate of drug-likeness (QED) is 0.680. The number of benzene rings is 2. The highest BCUT2D eigenvalue weighted by Crippen LogP contribution is 2.50. The Kier molecular flexibility index (Phi) is 2.88. The van der Waals surface area contributed by atoms with E-state index in [1.54, 1.807) is 43.3 Å². The second-order valence-electron chi connectivity index (χ2n) is 5.63. The van der Waals surface area contributed by atoms with Crippen LogP contribution in [0.3, 0.4) is 0 Å². The number of hydrogen-bond donors (Lipinski definition) is 1. The SMILES string of the molecule is CCC1(O)c2ccccc2C(C)([N+](=O)[O-])c2ccccc21. The molecular weight excluding hydrogens is 266 g/mol. The summed E-state index contributed by atoms with van der Waals surface area (Å²) in [7, 11) is 0. The molecule has 4 heteroatoms. The average Bonchev–Trinajstić information content (AvgIpc) is 2.52. The van der Waals surface area contributed by atoms with Gasteiger partial charge in [0, 0.05) is 23.0 Å². The van der Waals surface area contributed by atoms with Gasteiger partial charge in [-0.3, -0.25) is 10.1 Å². The molecule has 1 aliphatic carbocycles. The smallest absolute Gasteiger partial charge is 0.270 e. The Balaban J connectivity index is 2.46. The maximum atomic E-state index is 11.8. The number of fused-ring (bicyclic) bond motifs is 2. The number of nitrogens with zero attached hydrogens (tertiary/aromatic N) is 1. The molecule has 0 spiro atoms. The molecule has 0 saturated carbocycles. The van der Waals surface area contributed by atoms with E-state index in [-0.39, 0.29) is 4.92 Å². The molecule has 0 bridgehead atoms. The van der Waals surface area contributed by atoms with Gasteiger partial charge in [0.2, 0.25) is 0 Å². The molecule has 0 aliphatic heterocycles. The maximum absolute atomic E-state index is 11.8. The fourth-order valence-electron chi connectivity index (χ4n) is 3.40. The van der Waals surface area contributed by atoms with Gasteiger partial charge in [-0.25, -0.2) is 0 Å². The lowest BCUT2D eigenvalue weighted by molar-refractivity contribution is -0.562. The van der Waals surface area contributed by atoms with Crippen molar-refractivity contribution in [3.63, 3.8) is 0 Å². The van der Waals surface area contributed by atoms with E-state index >= 15 is 0 Å². The van der Waals surface area contributed by atoms with Crippen LogP contribution >= 0.6 is 0 Å². The van der Waals surface area contributed by atoms with Gasteiger partial charge in [0.25, 0.3) is 5.54 Å². The maximum Gasteiger partial charge on any atom is 0.270 e. The summed E-state index contributed by atoms with van der Waals surface area (Å²) >= 11 is 0. The van der Waals surface area contributed by atoms with Crippen molar-refractivity contribution in [3.05, 3.63) is 80.9 Å². The van der Waals surface area contributed by atoms with Crippen LogP contribution < -0.4 is 0 Å². The molecule has 3 rings (SSSR count). The molecular formula is C17H17NO3. The minimum Gasteiger partial charge on any atom is -0.380 e. The van der Waals surface area contributed by atoms with Crippen molar-refractivity contribution in [2.45, 2.75) is 31.4 Å². The second kappa shape index (κ2) is 4.40. The van der Waals surface area contributed by atoms with E-state index < -0.39 is 11.1 Å². The molecule has 21 heavy (non-hydrogen) atoms. The molecule has 2 aromatic carbocycles. The van der Waals surface area contributed by atoms with Gasteiger partial charge in [0.05, 0.1) is 0 Å². The monoisotopic (exact) mass is 283 g/mol. The summed E-state index contributed by atoms with van der Waals surface area (Å²) in [4.78, 5) is 11.6. The van der Waals surface area contributed by atoms with Gasteiger partial charge >= 0.3 is 0 Å². The topological polar surface area (TPSA) is 63.4 Å². The van der Waals surface area contributed by atoms with Gasteiger partial charge in [-0.15, -0.1) is 0 Å². The lowest BCUT2D eigenvalue weighted by Crippen LogP contribution is -2.45. The van der Waals surface area contributed by atoms with E-state index in [0.717, 1.165) is 0 Å². The van der Waals surface area contributed by atoms with Gasteiger partial charge in [-0.2, -0.15) is 0 Å². The first kappa shape index (κ1) is 13.8. The lowest BCUT2D eigenvalue weighted by Gasteiger charge is -2.40. The van der Waals surface area contributed by atoms with Crippen molar-refractivity contribution in [2.24, 2.45) is 0 Å². The largest absolute Gasteiger partial charge is 0.380 e. The molecule has 0 unspecified atom stereocenters. The van der Waals surface area contributed by atoms with Crippen LogP contribution in [0, 0.1) is 10.1 Å². The molecule has 0 saturated heterocycles. The van der Waals surface area contributed by atoms with E-state index in [1.165, 1.54) is 0 Å². The van der Waals surface area contributed by atoms with Crippen molar-refractivity contribution in [3.8, 4) is 0 Å². The Bertz CT molecular complexity index is 676. The molecule has 0 fully saturated rings. The molecule has 0 radical (unpaired) electrons. The second-order valence-corrected chi connectivity index (χ2v) is 5.63. The summed E-state index contributed by atoms with van der Waals surface area (Å²) in [5.41, 5.74) is -0.121. The molecule has 2 aromatic rings. The zero-order valence-corrected chi connectivity index (χ0v) is 12.0. The van der Waals surface area contributed by atoms with Crippen molar-refractivity contribution >= 4 is 0 Å². The fraction of sp³-hybridized carbons (Fsp3) is 0.294. The fourth-order valence-corrected chi connectivity index (χ4v) is 3.40. The standard InChI is InChI=1S/C17H17NO3/c1-3-17(19)14-10-6-4-8-12(14)16(2,18(20)21)13-9-5-7-11-15(13)17/h4-11,19H,3H2,1-2H3. The van der Waals surface area contributed by atoms with E-state index in [4.69, 9.17) is 0 Å². The van der Waals surface area contributed by atoms with Crippen LogP contribution in [0.15, 0.2) is 48.5 Å². The highest BCUT2D eigenvalue weighted by molar-refractivity contribution is 5.56. The number of rotatable bonds is 2. The highest BCUT2D eigenvalue weighted by atomic mass is 16.6. The summed E-state index contributed by atoms with van der Waals surface area (Å²) in [6.07, 6.45) is 0.467. The first-order valence-electron chi connectivity index (χ1n) is 7.03. The Hall–Kier alpha value is -2.20. The molecule has 4 nitrogen and oxygen atoms in total. The predicted octanol–water partition coefficient (Wildman–Crippen LogP) is 3.19. The number of hydrogen-bond acceptors (Lipinski definition) is 3. The highest BCUT2D eigenvalue weighted by Gasteiger charge is 2.53. The third-order valence-corrected chi connectivity index (χ3v) is 4.67. The van der Waals surface area contributed by atoms with Crippen molar-refractivity contribution in [1.29, 1.82) is 0 Å². The Labute approximate surface area is 123 Å². The van der Waals surface area contributed by atoms with E-state index in [2.05, 4.69) is 0 Å². The normalized spacial score (nSPS) is 26.8. The van der Waals surface area contributed by atoms with Gasteiger partial charge < -0.3 is 5.11 Å². The molecule has 108 valence electrons. The van der Waals surface area contributed by atoms with Crippen molar-refractivity contribution in [1.82, 2.24) is 0 Å². The third-order valence-electron chi connectivity index (χ3n) is 4.67. The summed E-state index contributed by atoms with van der Waals surface area (Å²) in [6.45, 7) is 3.50. The van der Waals surface area contributed by atoms with Crippen LogP contribution in [0.25, 0.3) is 0 Å². The molecule has 0 heterocycles. The van der Waals surface area contributed by atoms with Gasteiger partial charge in [-0.1, -0.05) is 55.5 Å². The Morgan fingerprint density at radius 3 is 1.71 bits per heavy atom. The minimum atomic E-state index is -1.34. The zero-order valence-electron chi connectivity index (χ0n) is 12.0. The molecule has 1 aliphatic rings. The van der Waals surface area contributed by atoms with Gasteiger partial charge in [-0.05, 0) is 17.5 Å². The van der Waals surface area contributed by atoms with E-state index in [0.29, 0.717) is 28.7 Å². The summed E-state index contributed by atoms with van der Waals surface area (Å²) < 4.78 is 0. The lowest BCUT2D eigenvalue weighted by atomic mass is 9.66. The molecule has 0 amide bonds. The van der Waals surface area contributed by atoms with E-state index in [1.807, 2.05) is 19.1 Å². The van der Waals surface area contributed by atoms with Gasteiger partial charge in [0.1, 0.15) is 5.60 Å². The van der Waals surface area contributed by atoms with Crippen molar-refractivity contribution in [2.75, 3.05) is 0 Å². The first-order valence-corrected chi connectivity index (χ1v) is 7.03. The van der Waals surface area contributed by atoms with Crippen LogP contribution in [0.4, 0.5) is 0 Å². The van der Waals surface area contributed by atoms with Crippen LogP contribution in [0.2, 0.25) is 0 Å². The average molecular weight is 283 g/mol. The molecule has 1 N–H and O–H groups in total. The van der Waals surface area contributed by atoms with Crippen LogP contribution in [0.1, 0.15) is 42.5 Å². The summed E-state index contributed by atoms with van der Waals surface area (Å²) in [5, 5.41) is 23.0. The van der Waals surface area contributed by atoms with Crippen molar-refractivity contribution < 1.29 is 10.0 Å². The van der Waals surface area contributed by atoms with Crippen LogP contribution in [-0.2, 0) is 11.1 Å². The van der Waals surface area contributed by atoms with Gasteiger partial charge in [0.15, 0.2) is 0 Å². The Morgan fingerprint density at radius 2 is 1.38 bits per heavy atom. The summed E-state index contributed by atoms with van der Waals surface area (Å²) in [6, 6.07) is 14.3. The first-order chi connectivity index (χ1) is 9.96. The molecule has 0 aromatic heterocycles. The third kappa shape index (κ3) is 1.59. The zero-order chi connectivity index (χ0) is 15.3. The molecule has 0 atom stereocenters. The number of aliphatic hydroxyl groups is 1. The summed E-state index contributed by atoms with van der Waals surface area (Å²) in [5.74, 6) is 0. The van der Waals surface area contributed by atoms with Crippen LogP contribution in [-0.4, -0.2) is 10.0 Å². The predicted molar refractivity (Wildman–Crippen MR) is 79.6 cm³/mol. The minimum absolute atomic E-state index is 0.264. The Morgan fingerprint density at radius 1 is 1.00 bits per heavy atom. The van der Waals surface area contributed by atoms with Crippen LogP contribution in [0.5, 0.6) is 0 Å². The number of nitro groups is 1.